The summed E-state index contributed by atoms with van der Waals surface area (Å²) in [6, 6.07) is -1.39. The van der Waals surface area contributed by atoms with E-state index in [0.717, 1.165) is 0 Å². The van der Waals surface area contributed by atoms with Gasteiger partial charge in [-0.25, -0.2) is 0 Å². The molecule has 4 N–H and O–H groups in total. The number of likely N-dealkylation sites (N-methyl/N-ethyl adjacent to an activating group) is 1. The number of amides is 3. The zero-order valence-corrected chi connectivity index (χ0v) is 10.7. The molecule has 0 aromatic carbocycles. The second-order valence-electron chi connectivity index (χ2n) is 4.68. The monoisotopic (exact) mass is 270 g/mol. The molecule has 19 heavy (non-hydrogen) atoms. The summed E-state index contributed by atoms with van der Waals surface area (Å²) >= 11 is 0. The number of hydrogen-bond acceptors (Lipinski definition) is 5. The van der Waals surface area contributed by atoms with E-state index in [1.54, 1.807) is 7.05 Å². The van der Waals surface area contributed by atoms with Gasteiger partial charge in [0.2, 0.25) is 17.7 Å². The summed E-state index contributed by atoms with van der Waals surface area (Å²) in [7, 11) is 1.64. The van der Waals surface area contributed by atoms with Crippen molar-refractivity contribution in [3.05, 3.63) is 0 Å². The van der Waals surface area contributed by atoms with Crippen molar-refractivity contribution in [2.24, 2.45) is 5.73 Å². The van der Waals surface area contributed by atoms with Gasteiger partial charge in [-0.05, 0) is 19.9 Å². The Morgan fingerprint density at radius 2 is 2.21 bits per heavy atom. The van der Waals surface area contributed by atoms with Crippen molar-refractivity contribution in [2.45, 2.75) is 31.2 Å². The smallest absolute Gasteiger partial charge is 0.250 e. The third-order valence-electron chi connectivity index (χ3n) is 3.34. The predicted molar refractivity (Wildman–Crippen MR) is 64.7 cm³/mol. The van der Waals surface area contributed by atoms with Gasteiger partial charge < -0.3 is 26.0 Å². The number of hydrogen-bond donors (Lipinski definition) is 3. The molecule has 0 aliphatic carbocycles. The number of rotatable bonds is 4. The van der Waals surface area contributed by atoms with Crippen LogP contribution >= 0.6 is 0 Å². The van der Waals surface area contributed by atoms with Crippen LogP contribution in [0.5, 0.6) is 0 Å². The fourth-order valence-corrected chi connectivity index (χ4v) is 2.49. The lowest BCUT2D eigenvalue weighted by atomic mass is 10.2. The van der Waals surface area contributed by atoms with E-state index in [1.165, 1.54) is 4.90 Å². The third-order valence-corrected chi connectivity index (χ3v) is 3.34. The molecule has 3 atom stereocenters. The first-order valence-electron chi connectivity index (χ1n) is 6.21. The molecule has 0 radical (unpaired) electrons. The van der Waals surface area contributed by atoms with Crippen LogP contribution in [0.4, 0.5) is 0 Å². The minimum atomic E-state index is -0.753. The van der Waals surface area contributed by atoms with Crippen LogP contribution < -0.4 is 16.4 Å². The summed E-state index contributed by atoms with van der Waals surface area (Å²) < 4.78 is 5.51. The van der Waals surface area contributed by atoms with Crippen LogP contribution in [-0.2, 0) is 19.1 Å². The average Bonchev–Trinajstić information content (AvgIpc) is 2.78. The molecule has 0 bridgehead atoms. The largest absolute Gasteiger partial charge is 0.368 e. The highest BCUT2D eigenvalue weighted by Crippen LogP contribution is 2.28. The molecule has 106 valence electrons. The number of nitrogens with two attached hydrogens (primary N) is 1. The second kappa shape index (κ2) is 5.54. The van der Waals surface area contributed by atoms with E-state index in [0.29, 0.717) is 12.8 Å². The molecule has 2 aliphatic rings. The normalized spacial score (nSPS) is 30.1. The first-order chi connectivity index (χ1) is 9.04. The molecule has 2 saturated heterocycles. The summed E-state index contributed by atoms with van der Waals surface area (Å²) in [5, 5.41) is 5.27. The lowest BCUT2D eigenvalue weighted by molar-refractivity contribution is -0.166. The van der Waals surface area contributed by atoms with Crippen LogP contribution in [-0.4, -0.2) is 61.1 Å². The Kier molecular flexibility index (Phi) is 4.01. The Balaban J connectivity index is 2.04. The van der Waals surface area contributed by atoms with Gasteiger partial charge in [-0.2, -0.15) is 0 Å². The number of carbonyl (C=O) groups excluding carboxylic acids is 3. The standard InChI is InChI=1S/C11H18N4O4/c1-13-4-8(16)14-6-5-19-9-3-2-7(10(12)17)15(9)11(6)18/h6-7,9,13H,2-5H2,1H3,(H2,12,17)(H,14,16). The van der Waals surface area contributed by atoms with Gasteiger partial charge >= 0.3 is 0 Å². The molecule has 2 rings (SSSR count). The van der Waals surface area contributed by atoms with Gasteiger partial charge in [0, 0.05) is 0 Å². The topological polar surface area (TPSA) is 114 Å². The van der Waals surface area contributed by atoms with Crippen molar-refractivity contribution in [3.63, 3.8) is 0 Å². The molecule has 8 heteroatoms. The summed E-state index contributed by atoms with van der Waals surface area (Å²) in [6.07, 6.45) is 0.696. The van der Waals surface area contributed by atoms with Gasteiger partial charge in [0.15, 0.2) is 0 Å². The number of nitrogens with one attached hydrogen (secondary N) is 2. The summed E-state index contributed by atoms with van der Waals surface area (Å²) in [6.45, 7) is 0.243. The van der Waals surface area contributed by atoms with Crippen molar-refractivity contribution in [1.29, 1.82) is 0 Å². The number of carbonyl (C=O) groups is 3. The highest BCUT2D eigenvalue weighted by atomic mass is 16.5. The quantitative estimate of drug-likeness (QED) is 0.523. The van der Waals surface area contributed by atoms with Gasteiger partial charge in [-0.1, -0.05) is 0 Å². The van der Waals surface area contributed by atoms with Crippen molar-refractivity contribution in [3.8, 4) is 0 Å². The number of fused-ring (bicyclic) bond motifs is 1. The maximum Gasteiger partial charge on any atom is 0.250 e. The zero-order valence-electron chi connectivity index (χ0n) is 10.7. The zero-order chi connectivity index (χ0) is 14.0. The molecule has 0 spiro atoms. The van der Waals surface area contributed by atoms with Crippen molar-refractivity contribution in [2.75, 3.05) is 20.2 Å². The van der Waals surface area contributed by atoms with Gasteiger partial charge in [-0.15, -0.1) is 0 Å². The Morgan fingerprint density at radius 1 is 1.47 bits per heavy atom. The highest BCUT2D eigenvalue weighted by Gasteiger charge is 2.46. The van der Waals surface area contributed by atoms with Crippen LogP contribution in [0.1, 0.15) is 12.8 Å². The number of nitrogens with zero attached hydrogens (tertiary/aromatic N) is 1. The molecular formula is C11H18N4O4. The molecule has 2 heterocycles. The van der Waals surface area contributed by atoms with Crippen LogP contribution in [0.3, 0.4) is 0 Å². The van der Waals surface area contributed by atoms with Crippen LogP contribution in [0.25, 0.3) is 0 Å². The SMILES string of the molecule is CNCC(=O)NC1COC2CCC(C(N)=O)N2C1=O. The Morgan fingerprint density at radius 3 is 2.84 bits per heavy atom. The lowest BCUT2D eigenvalue weighted by Gasteiger charge is -2.37. The predicted octanol–water partition coefficient (Wildman–Crippen LogP) is -2.48. The van der Waals surface area contributed by atoms with Crippen molar-refractivity contribution in [1.82, 2.24) is 15.5 Å². The average molecular weight is 270 g/mol. The van der Waals surface area contributed by atoms with E-state index in [9.17, 15) is 14.4 Å². The Bertz CT molecular complexity index is 400. The highest BCUT2D eigenvalue weighted by molar-refractivity contribution is 5.93. The van der Waals surface area contributed by atoms with Crippen LogP contribution in [0.15, 0.2) is 0 Å². The Labute approximate surface area is 110 Å². The summed E-state index contributed by atoms with van der Waals surface area (Å²) in [5.41, 5.74) is 5.28. The minimum absolute atomic E-state index is 0.118. The van der Waals surface area contributed by atoms with E-state index < -0.39 is 24.2 Å². The summed E-state index contributed by atoms with van der Waals surface area (Å²) in [5.74, 6) is -1.14. The Hall–Kier alpha value is -1.67. The van der Waals surface area contributed by atoms with Crippen molar-refractivity contribution >= 4 is 17.7 Å². The molecule has 0 aromatic heterocycles. The number of ether oxygens (including phenoxy) is 1. The van der Waals surface area contributed by atoms with E-state index in [-0.39, 0.29) is 25.0 Å². The molecule has 2 aliphatic heterocycles. The van der Waals surface area contributed by atoms with Crippen LogP contribution in [0, 0.1) is 0 Å². The van der Waals surface area contributed by atoms with Gasteiger partial charge in [0.25, 0.3) is 0 Å². The van der Waals surface area contributed by atoms with Gasteiger partial charge in [0.1, 0.15) is 18.3 Å². The van der Waals surface area contributed by atoms with E-state index >= 15 is 0 Å². The fraction of sp³-hybridized carbons (Fsp3) is 0.727. The van der Waals surface area contributed by atoms with Gasteiger partial charge in [0.05, 0.1) is 13.2 Å². The molecule has 3 unspecified atom stereocenters. The second-order valence-corrected chi connectivity index (χ2v) is 4.68. The lowest BCUT2D eigenvalue weighted by Crippen LogP contribution is -2.61. The fourth-order valence-electron chi connectivity index (χ4n) is 2.49. The first kappa shape index (κ1) is 13.8. The van der Waals surface area contributed by atoms with E-state index in [4.69, 9.17) is 10.5 Å². The van der Waals surface area contributed by atoms with E-state index in [1.807, 2.05) is 0 Å². The first-order valence-corrected chi connectivity index (χ1v) is 6.21. The molecule has 8 nitrogen and oxygen atoms in total. The molecule has 2 fully saturated rings. The number of primary amides is 1. The molecule has 3 amide bonds. The minimum Gasteiger partial charge on any atom is -0.368 e. The molecule has 0 aromatic rings. The maximum absolute atomic E-state index is 12.3. The summed E-state index contributed by atoms with van der Waals surface area (Å²) in [4.78, 5) is 36.4. The molecular weight excluding hydrogens is 252 g/mol. The van der Waals surface area contributed by atoms with E-state index in [2.05, 4.69) is 10.6 Å². The van der Waals surface area contributed by atoms with Crippen LogP contribution in [0.2, 0.25) is 0 Å². The third kappa shape index (κ3) is 2.69. The molecule has 0 saturated carbocycles. The maximum atomic E-state index is 12.3. The van der Waals surface area contributed by atoms with Crippen molar-refractivity contribution < 1.29 is 19.1 Å². The van der Waals surface area contributed by atoms with Gasteiger partial charge in [-0.3, -0.25) is 14.4 Å².